The highest BCUT2D eigenvalue weighted by Crippen LogP contribution is 2.39. The van der Waals surface area contributed by atoms with E-state index in [2.05, 4.69) is 37.9 Å². The number of piperidine rings is 1. The molecule has 3 saturated heterocycles. The van der Waals surface area contributed by atoms with Crippen LogP contribution in [0, 0.1) is 0 Å². The van der Waals surface area contributed by atoms with E-state index < -0.39 is 17.9 Å². The Balaban J connectivity index is 1.40. The molecule has 0 aromatic heterocycles. The van der Waals surface area contributed by atoms with E-state index in [1.165, 1.54) is 19.3 Å². The summed E-state index contributed by atoms with van der Waals surface area (Å²) in [6, 6.07) is 9.72. The average molecular weight is 516 g/mol. The van der Waals surface area contributed by atoms with Crippen LogP contribution in [0.2, 0.25) is 6.32 Å². The fourth-order valence-electron chi connectivity index (χ4n) is 5.36. The Kier molecular flexibility index (Phi) is 9.23. The van der Waals surface area contributed by atoms with Crippen molar-refractivity contribution in [3.05, 3.63) is 35.9 Å². The first kappa shape index (κ1) is 28.4. The molecule has 1 unspecified atom stereocenters. The number of hydrogen-bond donors (Lipinski definition) is 1. The summed E-state index contributed by atoms with van der Waals surface area (Å²) in [5, 5.41) is 3.21. The predicted octanol–water partition coefficient (Wildman–Crippen LogP) is 5.12. The number of likely N-dealkylation sites (tertiary alicyclic amines) is 1. The van der Waals surface area contributed by atoms with Gasteiger partial charge in [-0.1, -0.05) is 49.6 Å². The molecular weight excluding hydrogens is 471 g/mol. The Morgan fingerprint density at radius 2 is 1.70 bits per heavy atom. The maximum Gasteiger partial charge on any atom is 0.457 e. The van der Waals surface area contributed by atoms with Gasteiger partial charge in [0.05, 0.1) is 11.2 Å². The lowest BCUT2D eigenvalue weighted by atomic mass is 9.80. The summed E-state index contributed by atoms with van der Waals surface area (Å²) in [6.07, 6.45) is 5.63. The van der Waals surface area contributed by atoms with E-state index in [-0.39, 0.29) is 31.2 Å². The fraction of sp³-hybridized carbons (Fsp3) is 0.750. The molecule has 3 aliphatic rings. The molecule has 37 heavy (non-hydrogen) atoms. The minimum Gasteiger partial charge on any atom is -0.445 e. The number of alkyl carbamates (subject to hydrolysis) is 1. The summed E-state index contributed by atoms with van der Waals surface area (Å²) in [4.78, 5) is 15.5. The second-order valence-electron chi connectivity index (χ2n) is 11.8. The molecule has 1 aromatic carbocycles. The van der Waals surface area contributed by atoms with Gasteiger partial charge < -0.3 is 33.7 Å². The number of rotatable bonds is 11. The lowest BCUT2D eigenvalue weighted by molar-refractivity contribution is -0.399. The van der Waals surface area contributed by atoms with Crippen LogP contribution in [0.25, 0.3) is 0 Å². The van der Waals surface area contributed by atoms with Crippen LogP contribution in [0.5, 0.6) is 0 Å². The highest BCUT2D eigenvalue weighted by atomic mass is 16.9. The fourth-order valence-corrected chi connectivity index (χ4v) is 5.36. The molecule has 0 radical (unpaired) electrons. The molecule has 0 bridgehead atoms. The molecule has 3 heterocycles. The quantitative estimate of drug-likeness (QED) is 0.323. The van der Waals surface area contributed by atoms with E-state index in [0.29, 0.717) is 13.0 Å². The summed E-state index contributed by atoms with van der Waals surface area (Å²) < 4.78 is 30.0. The van der Waals surface area contributed by atoms with Crippen molar-refractivity contribution in [2.45, 2.75) is 115 Å². The van der Waals surface area contributed by atoms with E-state index in [4.69, 9.17) is 23.5 Å². The van der Waals surface area contributed by atoms with Gasteiger partial charge in [0.15, 0.2) is 12.6 Å². The number of unbranched alkanes of at least 4 members (excludes halogenated alkanes) is 1. The minimum atomic E-state index is -0.701. The van der Waals surface area contributed by atoms with Crippen LogP contribution in [-0.2, 0) is 30.1 Å². The van der Waals surface area contributed by atoms with Crippen molar-refractivity contribution in [1.82, 2.24) is 10.2 Å². The van der Waals surface area contributed by atoms with Crippen molar-refractivity contribution in [2.24, 2.45) is 0 Å². The van der Waals surface area contributed by atoms with E-state index in [1.807, 2.05) is 37.3 Å². The number of nitrogens with zero attached hydrogens (tertiary/aromatic N) is 1. The molecule has 1 aromatic rings. The molecule has 3 aliphatic heterocycles. The number of ether oxygens (including phenoxy) is 3. The number of carbonyl (C=O) groups is 1. The van der Waals surface area contributed by atoms with Crippen LogP contribution in [0.3, 0.4) is 0 Å². The topological polar surface area (TPSA) is 78.5 Å². The number of benzene rings is 1. The van der Waals surface area contributed by atoms with Crippen LogP contribution >= 0.6 is 0 Å². The van der Waals surface area contributed by atoms with Crippen LogP contribution in [0.4, 0.5) is 4.79 Å². The molecule has 1 N–H and O–H groups in total. The summed E-state index contributed by atoms with van der Waals surface area (Å²) in [6.45, 7) is 13.1. The zero-order chi connectivity index (χ0) is 26.5. The molecule has 3 fully saturated rings. The van der Waals surface area contributed by atoms with Gasteiger partial charge in [0.25, 0.3) is 0 Å². The molecule has 8 nitrogen and oxygen atoms in total. The second kappa shape index (κ2) is 12.0. The van der Waals surface area contributed by atoms with Crippen molar-refractivity contribution in [1.29, 1.82) is 0 Å². The first-order chi connectivity index (χ1) is 17.6. The highest BCUT2D eigenvalue weighted by molar-refractivity contribution is 6.45. The minimum absolute atomic E-state index is 0.219. The molecular formula is C28H45BN2O6. The van der Waals surface area contributed by atoms with E-state index >= 15 is 0 Å². The maximum absolute atomic E-state index is 13.1. The van der Waals surface area contributed by atoms with Gasteiger partial charge in [-0.25, -0.2) is 4.79 Å². The lowest BCUT2D eigenvalue weighted by Gasteiger charge is -2.49. The van der Waals surface area contributed by atoms with Gasteiger partial charge in [0, 0.05) is 6.54 Å². The van der Waals surface area contributed by atoms with Gasteiger partial charge in [-0.3, -0.25) is 0 Å². The number of carbonyl (C=O) groups excluding carboxylic acids is 1. The van der Waals surface area contributed by atoms with E-state index in [1.54, 1.807) is 0 Å². The van der Waals surface area contributed by atoms with Crippen molar-refractivity contribution in [3.63, 3.8) is 0 Å². The number of hydrogen-bond acceptors (Lipinski definition) is 7. The van der Waals surface area contributed by atoms with Crippen LogP contribution in [0.1, 0.15) is 78.7 Å². The van der Waals surface area contributed by atoms with Gasteiger partial charge in [0.1, 0.15) is 12.1 Å². The Hall–Kier alpha value is -1.65. The Morgan fingerprint density at radius 1 is 1.05 bits per heavy atom. The summed E-state index contributed by atoms with van der Waals surface area (Å²) in [7, 11) is -0.221. The van der Waals surface area contributed by atoms with Crippen molar-refractivity contribution < 1.29 is 28.3 Å². The summed E-state index contributed by atoms with van der Waals surface area (Å²) in [5.74, 6) is 0. The smallest absolute Gasteiger partial charge is 0.445 e. The van der Waals surface area contributed by atoms with E-state index in [9.17, 15) is 4.79 Å². The van der Waals surface area contributed by atoms with Crippen LogP contribution in [0.15, 0.2) is 30.3 Å². The Bertz CT molecular complexity index is 857. The first-order valence-corrected chi connectivity index (χ1v) is 14.0. The largest absolute Gasteiger partial charge is 0.457 e. The standard InChI is InChI=1S/C28H45BN2O6/c1-22-34-24(35-22)28(21-31-18-12-7-13-19-31,30-25(32)33-20-23-14-8-6-9-15-23)16-10-11-17-29-36-26(2,3)27(4,5)37-29/h6,8-9,14-15,22,24H,7,10-13,16-21H2,1-5H3,(H,30,32). The normalized spacial score (nSPS) is 26.8. The zero-order valence-corrected chi connectivity index (χ0v) is 23.3. The van der Waals surface area contributed by atoms with Crippen LogP contribution < -0.4 is 5.32 Å². The molecule has 0 spiro atoms. The molecule has 9 heteroatoms. The molecule has 206 valence electrons. The van der Waals surface area contributed by atoms with Crippen molar-refractivity contribution >= 4 is 13.2 Å². The van der Waals surface area contributed by atoms with Gasteiger partial charge >= 0.3 is 13.2 Å². The molecule has 1 atom stereocenters. The van der Waals surface area contributed by atoms with Gasteiger partial charge in [-0.05, 0) is 78.9 Å². The summed E-state index contributed by atoms with van der Waals surface area (Å²) >= 11 is 0. The third kappa shape index (κ3) is 7.27. The Labute approximate surface area is 222 Å². The van der Waals surface area contributed by atoms with Gasteiger partial charge in [0.2, 0.25) is 0 Å². The van der Waals surface area contributed by atoms with Crippen molar-refractivity contribution in [2.75, 3.05) is 19.6 Å². The third-order valence-electron chi connectivity index (χ3n) is 8.21. The Morgan fingerprint density at radius 3 is 2.32 bits per heavy atom. The molecule has 0 aliphatic carbocycles. The predicted molar refractivity (Wildman–Crippen MR) is 143 cm³/mol. The number of amides is 1. The first-order valence-electron chi connectivity index (χ1n) is 14.0. The summed E-state index contributed by atoms with van der Waals surface area (Å²) in [5.41, 5.74) is -0.410. The monoisotopic (exact) mass is 516 g/mol. The third-order valence-corrected chi connectivity index (χ3v) is 8.21. The van der Waals surface area contributed by atoms with Gasteiger partial charge in [-0.2, -0.15) is 0 Å². The van der Waals surface area contributed by atoms with Gasteiger partial charge in [-0.15, -0.1) is 0 Å². The lowest BCUT2D eigenvalue weighted by Crippen LogP contribution is -2.68. The maximum atomic E-state index is 13.1. The van der Waals surface area contributed by atoms with E-state index in [0.717, 1.165) is 37.8 Å². The SMILES string of the molecule is CC1OC(C(CCCCB2OC(C)(C)C(C)(C)O2)(CN2CCCCC2)NC(=O)OCc2ccccc2)O1. The molecule has 4 rings (SSSR count). The molecule has 1 amide bonds. The highest BCUT2D eigenvalue weighted by Gasteiger charge is 2.51. The number of nitrogens with one attached hydrogen (secondary N) is 1. The second-order valence-corrected chi connectivity index (χ2v) is 11.8. The van der Waals surface area contributed by atoms with Crippen molar-refractivity contribution in [3.8, 4) is 0 Å². The molecule has 0 saturated carbocycles. The zero-order valence-electron chi connectivity index (χ0n) is 23.3. The average Bonchev–Trinajstić information content (AvgIpc) is 3.05. The van der Waals surface area contributed by atoms with Crippen LogP contribution in [-0.4, -0.2) is 67.1 Å².